The van der Waals surface area contributed by atoms with Crippen LogP contribution in [-0.2, 0) is 26.0 Å². The van der Waals surface area contributed by atoms with Crippen molar-refractivity contribution in [3.05, 3.63) is 51.3 Å². The molecule has 2 aromatic rings. The summed E-state index contributed by atoms with van der Waals surface area (Å²) in [5.74, 6) is -0.937. The fourth-order valence-corrected chi connectivity index (χ4v) is 5.57. The maximum atomic E-state index is 12.6. The Morgan fingerprint density at radius 1 is 1.29 bits per heavy atom. The van der Waals surface area contributed by atoms with Crippen LogP contribution >= 0.6 is 34.5 Å². The zero-order valence-corrected chi connectivity index (χ0v) is 18.1. The Morgan fingerprint density at radius 2 is 2.04 bits per heavy atom. The van der Waals surface area contributed by atoms with Crippen molar-refractivity contribution in [1.29, 1.82) is 0 Å². The van der Waals surface area contributed by atoms with Gasteiger partial charge in [0, 0.05) is 23.0 Å². The van der Waals surface area contributed by atoms with Gasteiger partial charge in [0.25, 0.3) is 15.9 Å². The van der Waals surface area contributed by atoms with Crippen LogP contribution in [0.3, 0.4) is 0 Å². The molecule has 28 heavy (non-hydrogen) atoms. The van der Waals surface area contributed by atoms with Gasteiger partial charge >= 0.3 is 0 Å². The molecule has 2 heterocycles. The summed E-state index contributed by atoms with van der Waals surface area (Å²) in [7, 11) is -3.94. The third-order valence-electron chi connectivity index (χ3n) is 4.82. The number of sulfonamides is 1. The average molecular weight is 461 g/mol. The SMILES string of the molecule is CC1(C(=O)NS(=O)(=O)c2cccs2)CCN1C(=O)CCc1ccc(Cl)cc1Cl. The first-order chi connectivity index (χ1) is 13.1. The summed E-state index contributed by atoms with van der Waals surface area (Å²) in [4.78, 5) is 26.7. The molecule has 150 valence electrons. The van der Waals surface area contributed by atoms with E-state index in [4.69, 9.17) is 23.2 Å². The van der Waals surface area contributed by atoms with Crippen LogP contribution in [0.4, 0.5) is 0 Å². The smallest absolute Gasteiger partial charge is 0.273 e. The molecule has 1 N–H and O–H groups in total. The highest BCUT2D eigenvalue weighted by Crippen LogP contribution is 2.32. The summed E-state index contributed by atoms with van der Waals surface area (Å²) in [6.45, 7) is 1.97. The number of benzene rings is 1. The van der Waals surface area contributed by atoms with E-state index in [1.165, 1.54) is 11.0 Å². The van der Waals surface area contributed by atoms with Crippen molar-refractivity contribution in [3.63, 3.8) is 0 Å². The summed E-state index contributed by atoms with van der Waals surface area (Å²) in [6.07, 6.45) is 0.949. The summed E-state index contributed by atoms with van der Waals surface area (Å²) < 4.78 is 26.7. The number of rotatable bonds is 6. The van der Waals surface area contributed by atoms with Crippen LogP contribution in [0.5, 0.6) is 0 Å². The number of halogens is 2. The molecule has 1 aromatic carbocycles. The molecule has 6 nitrogen and oxygen atoms in total. The lowest BCUT2D eigenvalue weighted by molar-refractivity contribution is -0.156. The third kappa shape index (κ3) is 4.20. The number of aryl methyl sites for hydroxylation is 1. The number of amides is 2. The van der Waals surface area contributed by atoms with E-state index in [1.807, 2.05) is 0 Å². The third-order valence-corrected chi connectivity index (χ3v) is 8.13. The highest BCUT2D eigenvalue weighted by Gasteiger charge is 2.50. The predicted octanol–water partition coefficient (Wildman–Crippen LogP) is 3.48. The monoisotopic (exact) mass is 460 g/mol. The lowest BCUT2D eigenvalue weighted by Crippen LogP contribution is -2.67. The van der Waals surface area contributed by atoms with Gasteiger partial charge in [0.2, 0.25) is 5.91 Å². The lowest BCUT2D eigenvalue weighted by atomic mass is 9.85. The lowest BCUT2D eigenvalue weighted by Gasteiger charge is -2.49. The van der Waals surface area contributed by atoms with Crippen molar-refractivity contribution in [2.75, 3.05) is 6.54 Å². The van der Waals surface area contributed by atoms with Gasteiger partial charge < -0.3 is 4.90 Å². The molecule has 0 bridgehead atoms. The van der Waals surface area contributed by atoms with E-state index in [0.717, 1.165) is 16.9 Å². The van der Waals surface area contributed by atoms with Gasteiger partial charge in [-0.25, -0.2) is 13.1 Å². The first-order valence-electron chi connectivity index (χ1n) is 8.49. The number of likely N-dealkylation sites (tertiary alicyclic amines) is 1. The summed E-state index contributed by atoms with van der Waals surface area (Å²) >= 11 is 13.0. The highest BCUT2D eigenvalue weighted by molar-refractivity contribution is 7.92. The fraction of sp³-hybridized carbons (Fsp3) is 0.333. The molecule has 1 aliphatic heterocycles. The quantitative estimate of drug-likeness (QED) is 0.714. The molecule has 0 spiro atoms. The van der Waals surface area contributed by atoms with E-state index < -0.39 is 21.5 Å². The minimum Gasteiger partial charge on any atom is -0.328 e. The molecule has 10 heteroatoms. The largest absolute Gasteiger partial charge is 0.328 e. The molecule has 1 atom stereocenters. The van der Waals surface area contributed by atoms with Crippen molar-refractivity contribution in [1.82, 2.24) is 9.62 Å². The van der Waals surface area contributed by atoms with Gasteiger partial charge in [-0.15, -0.1) is 11.3 Å². The summed E-state index contributed by atoms with van der Waals surface area (Å²) in [6, 6.07) is 8.08. The molecule has 3 rings (SSSR count). The molecule has 2 amide bonds. The van der Waals surface area contributed by atoms with Gasteiger partial charge in [-0.05, 0) is 48.9 Å². The van der Waals surface area contributed by atoms with Gasteiger partial charge in [-0.2, -0.15) is 0 Å². The number of hydrogen-bond donors (Lipinski definition) is 1. The van der Waals surface area contributed by atoms with Crippen molar-refractivity contribution >= 4 is 56.4 Å². The van der Waals surface area contributed by atoms with E-state index in [2.05, 4.69) is 4.72 Å². The molecule has 1 unspecified atom stereocenters. The molecule has 0 radical (unpaired) electrons. The van der Waals surface area contributed by atoms with Crippen molar-refractivity contribution in [3.8, 4) is 0 Å². The predicted molar refractivity (Wildman–Crippen MR) is 109 cm³/mol. The van der Waals surface area contributed by atoms with Crippen LogP contribution in [0.2, 0.25) is 10.0 Å². The molecule has 0 aliphatic carbocycles. The number of carbonyl (C=O) groups excluding carboxylic acids is 2. The Bertz CT molecular complexity index is 1010. The van der Waals surface area contributed by atoms with E-state index in [0.29, 0.717) is 29.4 Å². The van der Waals surface area contributed by atoms with Crippen LogP contribution in [0, 0.1) is 0 Å². The van der Waals surface area contributed by atoms with E-state index in [9.17, 15) is 18.0 Å². The Balaban J connectivity index is 1.64. The Morgan fingerprint density at radius 3 is 2.61 bits per heavy atom. The standard InChI is InChI=1S/C18H18Cl2N2O4S2/c1-18(17(24)21-28(25,26)16-3-2-10-27-16)8-9-22(18)15(23)7-5-12-4-6-13(19)11-14(12)20/h2-4,6,10-11H,5,7-9H2,1H3,(H,21,24). The highest BCUT2D eigenvalue weighted by atomic mass is 35.5. The molecule has 1 fully saturated rings. The van der Waals surface area contributed by atoms with E-state index >= 15 is 0 Å². The maximum Gasteiger partial charge on any atom is 0.273 e. The maximum absolute atomic E-state index is 12.6. The Kier molecular flexibility index (Phi) is 6.05. The first-order valence-corrected chi connectivity index (χ1v) is 11.6. The van der Waals surface area contributed by atoms with Crippen LogP contribution < -0.4 is 4.72 Å². The second-order valence-corrected chi connectivity index (χ2v) is 10.4. The summed E-state index contributed by atoms with van der Waals surface area (Å²) in [5.41, 5.74) is -0.406. The van der Waals surface area contributed by atoms with Crippen molar-refractivity contribution in [2.24, 2.45) is 0 Å². The number of nitrogens with zero attached hydrogens (tertiary/aromatic N) is 1. The number of hydrogen-bond acceptors (Lipinski definition) is 5. The minimum atomic E-state index is -3.94. The zero-order valence-electron chi connectivity index (χ0n) is 14.9. The Hall–Kier alpha value is -1.61. The fourth-order valence-electron chi connectivity index (χ4n) is 2.99. The van der Waals surface area contributed by atoms with Crippen molar-refractivity contribution < 1.29 is 18.0 Å². The van der Waals surface area contributed by atoms with Crippen LogP contribution in [0.1, 0.15) is 25.3 Å². The summed E-state index contributed by atoms with van der Waals surface area (Å²) in [5, 5.41) is 2.60. The molecular formula is C18H18Cl2N2O4S2. The normalized spacial score (nSPS) is 19.2. The first kappa shape index (κ1) is 21.1. The van der Waals surface area contributed by atoms with Gasteiger partial charge in [0.15, 0.2) is 0 Å². The van der Waals surface area contributed by atoms with E-state index in [1.54, 1.807) is 36.6 Å². The van der Waals surface area contributed by atoms with Crippen LogP contribution in [0.15, 0.2) is 39.9 Å². The molecule has 1 aromatic heterocycles. The van der Waals surface area contributed by atoms with Gasteiger partial charge in [-0.1, -0.05) is 35.3 Å². The van der Waals surface area contributed by atoms with E-state index in [-0.39, 0.29) is 16.5 Å². The topological polar surface area (TPSA) is 83.6 Å². The minimum absolute atomic E-state index is 0.0547. The van der Waals surface area contributed by atoms with Gasteiger partial charge in [0.05, 0.1) is 0 Å². The Labute approximate surface area is 177 Å². The number of carbonyl (C=O) groups is 2. The molecule has 1 saturated heterocycles. The van der Waals surface area contributed by atoms with Crippen molar-refractivity contribution in [2.45, 2.75) is 35.9 Å². The average Bonchev–Trinajstić information content (AvgIpc) is 3.14. The van der Waals surface area contributed by atoms with Crippen LogP contribution in [0.25, 0.3) is 0 Å². The molecular weight excluding hydrogens is 443 g/mol. The van der Waals surface area contributed by atoms with Gasteiger partial charge in [0.1, 0.15) is 9.75 Å². The molecule has 1 aliphatic rings. The van der Waals surface area contributed by atoms with Crippen LogP contribution in [-0.4, -0.2) is 37.2 Å². The molecule has 0 saturated carbocycles. The number of thiophene rings is 1. The second kappa shape index (κ2) is 8.02. The number of nitrogens with one attached hydrogen (secondary N) is 1. The second-order valence-electron chi connectivity index (χ2n) is 6.67. The van der Waals surface area contributed by atoms with Gasteiger partial charge in [-0.3, -0.25) is 9.59 Å². The zero-order chi connectivity index (χ0) is 20.5.